The first kappa shape index (κ1) is 20.0. The van der Waals surface area contributed by atoms with Crippen LogP contribution in [-0.4, -0.2) is 40.4 Å². The Bertz CT molecular complexity index is 599. The van der Waals surface area contributed by atoms with Crippen molar-refractivity contribution in [3.8, 4) is 0 Å². The fourth-order valence-corrected chi connectivity index (χ4v) is 3.36. The summed E-state index contributed by atoms with van der Waals surface area (Å²) in [6.07, 6.45) is 0.909. The first-order chi connectivity index (χ1) is 10.2. The average Bonchev–Trinajstić information content (AvgIpc) is 2.97. The fraction of sp³-hybridized carbons (Fsp3) is 0.467. The van der Waals surface area contributed by atoms with Gasteiger partial charge in [-0.05, 0) is 17.7 Å². The highest BCUT2D eigenvalue weighted by Crippen LogP contribution is 2.20. The number of nitrogens with zero attached hydrogens (tertiary/aromatic N) is 4. The van der Waals surface area contributed by atoms with Crippen LogP contribution in [0.3, 0.4) is 0 Å². The van der Waals surface area contributed by atoms with E-state index in [1.54, 1.807) is 0 Å². The molecule has 2 heterocycles. The Kier molecular flexibility index (Phi) is 8.05. The van der Waals surface area contributed by atoms with Gasteiger partial charge in [0.1, 0.15) is 5.82 Å². The third-order valence-electron chi connectivity index (χ3n) is 3.77. The van der Waals surface area contributed by atoms with Crippen molar-refractivity contribution in [3.05, 3.63) is 35.7 Å². The Morgan fingerprint density at radius 2 is 1.91 bits per heavy atom. The van der Waals surface area contributed by atoms with E-state index in [0.717, 1.165) is 55.8 Å². The van der Waals surface area contributed by atoms with Crippen LogP contribution < -0.4 is 10.6 Å². The van der Waals surface area contributed by atoms with E-state index in [0.29, 0.717) is 0 Å². The van der Waals surface area contributed by atoms with Gasteiger partial charge in [-0.3, -0.25) is 4.90 Å². The van der Waals surface area contributed by atoms with Crippen molar-refractivity contribution in [2.24, 2.45) is 0 Å². The van der Waals surface area contributed by atoms with Crippen molar-refractivity contribution in [1.82, 2.24) is 14.3 Å². The van der Waals surface area contributed by atoms with Crippen molar-refractivity contribution in [1.29, 1.82) is 0 Å². The second kappa shape index (κ2) is 9.27. The molecule has 0 unspecified atom stereocenters. The molecular formula is C15H23Cl2N5S. The molecule has 0 atom stereocenters. The number of benzene rings is 1. The molecule has 1 aromatic heterocycles. The van der Waals surface area contributed by atoms with Gasteiger partial charge < -0.3 is 10.6 Å². The predicted molar refractivity (Wildman–Crippen MR) is 102 cm³/mol. The Morgan fingerprint density at radius 1 is 1.17 bits per heavy atom. The maximum atomic E-state index is 5.84. The molecule has 1 aliphatic heterocycles. The molecule has 3 rings (SSSR count). The quantitative estimate of drug-likeness (QED) is 0.832. The zero-order valence-corrected chi connectivity index (χ0v) is 15.6. The highest BCUT2D eigenvalue weighted by molar-refractivity contribution is 7.09. The number of anilines is 2. The van der Waals surface area contributed by atoms with Gasteiger partial charge in [0.05, 0.1) is 0 Å². The summed E-state index contributed by atoms with van der Waals surface area (Å²) >= 11 is 1.52. The number of rotatable bonds is 4. The van der Waals surface area contributed by atoms with E-state index in [1.807, 2.05) is 12.1 Å². The largest absolute Gasteiger partial charge is 0.399 e. The third-order valence-corrected chi connectivity index (χ3v) is 4.59. The number of halogens is 2. The van der Waals surface area contributed by atoms with Crippen molar-refractivity contribution in [3.63, 3.8) is 0 Å². The van der Waals surface area contributed by atoms with E-state index >= 15 is 0 Å². The normalized spacial score (nSPS) is 14.9. The fourth-order valence-electron chi connectivity index (χ4n) is 2.56. The molecule has 0 bridgehead atoms. The smallest absolute Gasteiger partial charge is 0.205 e. The summed E-state index contributed by atoms with van der Waals surface area (Å²) in [5.74, 6) is 0.956. The van der Waals surface area contributed by atoms with Crippen LogP contribution in [0.25, 0.3) is 0 Å². The first-order valence-electron chi connectivity index (χ1n) is 7.39. The molecule has 5 nitrogen and oxygen atoms in total. The standard InChI is InChI=1S/C15H21N5S.2ClH/c1-2-14-17-15(21-18-14)20-8-6-19(7-9-20)11-12-4-3-5-13(16)10-12;;/h3-5,10H,2,6-9,11,16H2,1H3;2*1H. The molecule has 8 heteroatoms. The highest BCUT2D eigenvalue weighted by Gasteiger charge is 2.19. The van der Waals surface area contributed by atoms with E-state index in [9.17, 15) is 0 Å². The first-order valence-corrected chi connectivity index (χ1v) is 8.16. The molecule has 1 aliphatic rings. The topological polar surface area (TPSA) is 58.3 Å². The average molecular weight is 376 g/mol. The summed E-state index contributed by atoms with van der Waals surface area (Å²) < 4.78 is 4.37. The molecule has 1 saturated heterocycles. The lowest BCUT2D eigenvalue weighted by Crippen LogP contribution is -2.45. The van der Waals surface area contributed by atoms with Crippen molar-refractivity contribution >= 4 is 47.2 Å². The molecule has 1 aromatic carbocycles. The molecule has 0 spiro atoms. The number of piperazine rings is 1. The van der Waals surface area contributed by atoms with Gasteiger partial charge in [-0.1, -0.05) is 19.1 Å². The zero-order valence-electron chi connectivity index (χ0n) is 13.1. The summed E-state index contributed by atoms with van der Waals surface area (Å²) in [5, 5.41) is 1.07. The molecule has 2 aromatic rings. The lowest BCUT2D eigenvalue weighted by atomic mass is 10.2. The van der Waals surface area contributed by atoms with Crippen LogP contribution in [0.1, 0.15) is 18.3 Å². The van der Waals surface area contributed by atoms with Crippen molar-refractivity contribution in [2.45, 2.75) is 19.9 Å². The Labute approximate surface area is 153 Å². The third kappa shape index (κ3) is 5.21. The second-order valence-electron chi connectivity index (χ2n) is 5.35. The van der Waals surface area contributed by atoms with Crippen LogP contribution in [0.5, 0.6) is 0 Å². The van der Waals surface area contributed by atoms with E-state index in [-0.39, 0.29) is 24.8 Å². The zero-order chi connectivity index (χ0) is 14.7. The molecule has 1 fully saturated rings. The van der Waals surface area contributed by atoms with Crippen LogP contribution >= 0.6 is 36.3 Å². The minimum Gasteiger partial charge on any atom is -0.399 e. The van der Waals surface area contributed by atoms with Crippen molar-refractivity contribution in [2.75, 3.05) is 36.8 Å². The van der Waals surface area contributed by atoms with Gasteiger partial charge in [0, 0.05) is 56.4 Å². The monoisotopic (exact) mass is 375 g/mol. The second-order valence-corrected chi connectivity index (χ2v) is 6.09. The van der Waals surface area contributed by atoms with E-state index in [1.165, 1.54) is 17.1 Å². The highest BCUT2D eigenvalue weighted by atomic mass is 35.5. The summed E-state index contributed by atoms with van der Waals surface area (Å²) in [7, 11) is 0. The predicted octanol–water partition coefficient (Wildman–Crippen LogP) is 2.85. The Morgan fingerprint density at radius 3 is 2.52 bits per heavy atom. The number of hydrogen-bond donors (Lipinski definition) is 1. The Balaban J connectivity index is 0.00000132. The van der Waals surface area contributed by atoms with Gasteiger partial charge >= 0.3 is 0 Å². The van der Waals surface area contributed by atoms with Crippen LogP contribution in [0.2, 0.25) is 0 Å². The molecule has 23 heavy (non-hydrogen) atoms. The van der Waals surface area contributed by atoms with Gasteiger partial charge in [0.25, 0.3) is 0 Å². The molecule has 0 amide bonds. The molecule has 0 saturated carbocycles. The van der Waals surface area contributed by atoms with Gasteiger partial charge in [-0.15, -0.1) is 24.8 Å². The van der Waals surface area contributed by atoms with E-state index < -0.39 is 0 Å². The maximum Gasteiger partial charge on any atom is 0.205 e. The molecular weight excluding hydrogens is 353 g/mol. The lowest BCUT2D eigenvalue weighted by Gasteiger charge is -2.34. The van der Waals surface area contributed by atoms with Gasteiger partial charge in [0.15, 0.2) is 0 Å². The summed E-state index contributed by atoms with van der Waals surface area (Å²) in [4.78, 5) is 9.38. The van der Waals surface area contributed by atoms with Crippen LogP contribution in [0, 0.1) is 0 Å². The van der Waals surface area contributed by atoms with Crippen LogP contribution in [0.15, 0.2) is 24.3 Å². The van der Waals surface area contributed by atoms with Gasteiger partial charge in [-0.25, -0.2) is 4.98 Å². The van der Waals surface area contributed by atoms with Crippen molar-refractivity contribution < 1.29 is 0 Å². The summed E-state index contributed by atoms with van der Waals surface area (Å²) in [5.41, 5.74) is 7.96. The lowest BCUT2D eigenvalue weighted by molar-refractivity contribution is 0.250. The van der Waals surface area contributed by atoms with Crippen LogP contribution in [-0.2, 0) is 13.0 Å². The summed E-state index contributed by atoms with van der Waals surface area (Å²) in [6, 6.07) is 8.16. The Hall–Kier alpha value is -1.08. The minimum absolute atomic E-state index is 0. The summed E-state index contributed by atoms with van der Waals surface area (Å²) in [6.45, 7) is 7.19. The number of nitrogens with two attached hydrogens (primary N) is 1. The molecule has 0 aliphatic carbocycles. The van der Waals surface area contributed by atoms with Crippen LogP contribution in [0.4, 0.5) is 10.8 Å². The number of hydrogen-bond acceptors (Lipinski definition) is 6. The number of nitrogen functional groups attached to an aromatic ring is 1. The molecule has 2 N–H and O–H groups in total. The van der Waals surface area contributed by atoms with E-state index in [4.69, 9.17) is 5.73 Å². The number of aryl methyl sites for hydroxylation is 1. The van der Waals surface area contributed by atoms with E-state index in [2.05, 4.69) is 38.2 Å². The maximum absolute atomic E-state index is 5.84. The molecule has 128 valence electrons. The van der Waals surface area contributed by atoms with Gasteiger partial charge in [0.2, 0.25) is 5.13 Å². The van der Waals surface area contributed by atoms with Gasteiger partial charge in [-0.2, -0.15) is 4.37 Å². The number of aromatic nitrogens is 2. The SMILES string of the molecule is CCc1nsc(N2CCN(Cc3cccc(N)c3)CC2)n1.Cl.Cl. The minimum atomic E-state index is 0. The molecule has 0 radical (unpaired) electrons.